The van der Waals surface area contributed by atoms with Crippen molar-refractivity contribution in [2.75, 3.05) is 20.3 Å². The average molecular weight is 262 g/mol. The molecule has 0 saturated carbocycles. The van der Waals surface area contributed by atoms with Gasteiger partial charge in [0, 0.05) is 0 Å². The molecule has 0 aliphatic rings. The topological polar surface area (TPSA) is 54.3 Å². The van der Waals surface area contributed by atoms with E-state index in [0.717, 1.165) is 24.3 Å². The maximum absolute atomic E-state index is 9.02. The molecule has 0 radical (unpaired) electrons. The van der Waals surface area contributed by atoms with Crippen molar-refractivity contribution in [3.8, 4) is 17.6 Å². The summed E-state index contributed by atoms with van der Waals surface area (Å²) in [5, 5.41) is 12.0. The molecular weight excluding hydrogens is 240 g/mol. The molecule has 1 N–H and O–H groups in total. The number of hydrogen-bond acceptors (Lipinski definition) is 4. The maximum Gasteiger partial charge on any atom is 0.119 e. The van der Waals surface area contributed by atoms with E-state index in [1.807, 2.05) is 38.1 Å². The lowest BCUT2D eigenvalue weighted by atomic mass is 9.98. The van der Waals surface area contributed by atoms with E-state index in [2.05, 4.69) is 11.4 Å². The highest BCUT2D eigenvalue weighted by atomic mass is 16.5. The third-order valence-corrected chi connectivity index (χ3v) is 3.02. The highest BCUT2D eigenvalue weighted by molar-refractivity contribution is 5.31. The van der Waals surface area contributed by atoms with Crippen LogP contribution < -0.4 is 14.8 Å². The first-order chi connectivity index (χ1) is 9.13. The lowest BCUT2D eigenvalue weighted by Crippen LogP contribution is -2.38. The molecule has 0 fully saturated rings. The molecule has 4 heteroatoms. The minimum atomic E-state index is -0.470. The fourth-order valence-corrected chi connectivity index (χ4v) is 1.65. The molecule has 1 unspecified atom stereocenters. The molecule has 0 aromatic heterocycles. The molecule has 1 aromatic rings. The van der Waals surface area contributed by atoms with Crippen molar-refractivity contribution >= 4 is 0 Å². The van der Waals surface area contributed by atoms with Crippen molar-refractivity contribution in [1.29, 1.82) is 5.26 Å². The Balaban J connectivity index is 2.32. The molecule has 1 rings (SSSR count). The van der Waals surface area contributed by atoms with Gasteiger partial charge in [0.1, 0.15) is 17.0 Å². The van der Waals surface area contributed by atoms with Gasteiger partial charge in [-0.2, -0.15) is 5.26 Å². The molecule has 104 valence electrons. The Hall–Kier alpha value is -1.73. The van der Waals surface area contributed by atoms with Crippen LogP contribution in [-0.4, -0.2) is 25.8 Å². The fourth-order valence-electron chi connectivity index (χ4n) is 1.65. The lowest BCUT2D eigenvalue weighted by Gasteiger charge is -2.20. The van der Waals surface area contributed by atoms with Crippen LogP contribution in [0.1, 0.15) is 26.7 Å². The average Bonchev–Trinajstić information content (AvgIpc) is 2.45. The zero-order valence-corrected chi connectivity index (χ0v) is 11.9. The predicted molar refractivity (Wildman–Crippen MR) is 75.4 cm³/mol. The van der Waals surface area contributed by atoms with Crippen molar-refractivity contribution in [3.63, 3.8) is 0 Å². The Labute approximate surface area is 115 Å². The summed E-state index contributed by atoms with van der Waals surface area (Å²) < 4.78 is 11.0. The van der Waals surface area contributed by atoms with Crippen LogP contribution >= 0.6 is 0 Å². The van der Waals surface area contributed by atoms with Crippen molar-refractivity contribution < 1.29 is 9.47 Å². The van der Waals surface area contributed by atoms with Crippen LogP contribution in [0.4, 0.5) is 0 Å². The summed E-state index contributed by atoms with van der Waals surface area (Å²) in [5.41, 5.74) is -0.470. The van der Waals surface area contributed by atoms with Gasteiger partial charge in [0.25, 0.3) is 0 Å². The molecule has 0 heterocycles. The maximum atomic E-state index is 9.02. The third-order valence-electron chi connectivity index (χ3n) is 3.02. The van der Waals surface area contributed by atoms with E-state index in [-0.39, 0.29) is 0 Å². The van der Waals surface area contributed by atoms with Gasteiger partial charge in [-0.25, -0.2) is 0 Å². The SMILES string of the molecule is CCOc1ccc(OCCCC(C)(C#N)NC)cc1. The summed E-state index contributed by atoms with van der Waals surface area (Å²) in [6.07, 6.45) is 1.59. The van der Waals surface area contributed by atoms with Crippen LogP contribution in [-0.2, 0) is 0 Å². The number of ether oxygens (including phenoxy) is 2. The predicted octanol–water partition coefficient (Wildman–Crippen LogP) is 2.75. The first-order valence-electron chi connectivity index (χ1n) is 6.59. The van der Waals surface area contributed by atoms with Crippen LogP contribution in [0.25, 0.3) is 0 Å². The molecule has 0 aliphatic heterocycles. The van der Waals surface area contributed by atoms with Gasteiger partial charge in [-0.15, -0.1) is 0 Å². The molecule has 0 amide bonds. The molecule has 19 heavy (non-hydrogen) atoms. The second-order valence-corrected chi connectivity index (χ2v) is 4.55. The van der Waals surface area contributed by atoms with E-state index in [4.69, 9.17) is 14.7 Å². The van der Waals surface area contributed by atoms with Crippen LogP contribution in [0.5, 0.6) is 11.5 Å². The van der Waals surface area contributed by atoms with Gasteiger partial charge < -0.3 is 14.8 Å². The quantitative estimate of drug-likeness (QED) is 0.732. The van der Waals surface area contributed by atoms with Crippen LogP contribution in [0.3, 0.4) is 0 Å². The van der Waals surface area contributed by atoms with Crippen LogP contribution in [0.15, 0.2) is 24.3 Å². The van der Waals surface area contributed by atoms with Gasteiger partial charge in [0.2, 0.25) is 0 Å². The van der Waals surface area contributed by atoms with Crippen molar-refractivity contribution in [2.45, 2.75) is 32.2 Å². The van der Waals surface area contributed by atoms with Gasteiger partial charge >= 0.3 is 0 Å². The highest BCUT2D eigenvalue weighted by Gasteiger charge is 2.19. The van der Waals surface area contributed by atoms with Crippen molar-refractivity contribution in [2.24, 2.45) is 0 Å². The minimum absolute atomic E-state index is 0.470. The highest BCUT2D eigenvalue weighted by Crippen LogP contribution is 2.18. The van der Waals surface area contributed by atoms with Gasteiger partial charge in [-0.3, -0.25) is 0 Å². The van der Waals surface area contributed by atoms with Gasteiger partial charge in [-0.05, 0) is 58.0 Å². The Kier molecular flexibility index (Phi) is 6.17. The fraction of sp³-hybridized carbons (Fsp3) is 0.533. The summed E-state index contributed by atoms with van der Waals surface area (Å²) in [6.45, 7) is 5.12. The molecule has 0 aliphatic carbocycles. The first kappa shape index (κ1) is 15.3. The Morgan fingerprint density at radius 3 is 2.26 bits per heavy atom. The number of benzene rings is 1. The molecule has 1 atom stereocenters. The number of hydrogen-bond donors (Lipinski definition) is 1. The smallest absolute Gasteiger partial charge is 0.119 e. The Morgan fingerprint density at radius 2 is 1.79 bits per heavy atom. The number of nitriles is 1. The summed E-state index contributed by atoms with van der Waals surface area (Å²) in [4.78, 5) is 0. The lowest BCUT2D eigenvalue weighted by molar-refractivity contribution is 0.288. The third kappa shape index (κ3) is 5.19. The van der Waals surface area contributed by atoms with Gasteiger partial charge in [-0.1, -0.05) is 0 Å². The van der Waals surface area contributed by atoms with Crippen LogP contribution in [0.2, 0.25) is 0 Å². The second-order valence-electron chi connectivity index (χ2n) is 4.55. The molecule has 1 aromatic carbocycles. The summed E-state index contributed by atoms with van der Waals surface area (Å²) in [5.74, 6) is 1.67. The van der Waals surface area contributed by atoms with E-state index in [1.54, 1.807) is 7.05 Å². The Morgan fingerprint density at radius 1 is 1.21 bits per heavy atom. The van der Waals surface area contributed by atoms with E-state index in [0.29, 0.717) is 13.2 Å². The number of rotatable bonds is 8. The van der Waals surface area contributed by atoms with E-state index in [9.17, 15) is 0 Å². The normalized spacial score (nSPS) is 13.4. The minimum Gasteiger partial charge on any atom is -0.494 e. The molecule has 4 nitrogen and oxygen atoms in total. The first-order valence-corrected chi connectivity index (χ1v) is 6.59. The molecular formula is C15H22N2O2. The number of nitrogens with zero attached hydrogens (tertiary/aromatic N) is 1. The largest absolute Gasteiger partial charge is 0.494 e. The summed E-state index contributed by atoms with van der Waals surface area (Å²) in [7, 11) is 1.80. The van der Waals surface area contributed by atoms with Gasteiger partial charge in [0.15, 0.2) is 0 Å². The van der Waals surface area contributed by atoms with Crippen molar-refractivity contribution in [1.82, 2.24) is 5.32 Å². The molecule has 0 bridgehead atoms. The molecule has 0 spiro atoms. The zero-order chi connectivity index (χ0) is 14.1. The van der Waals surface area contributed by atoms with Crippen molar-refractivity contribution in [3.05, 3.63) is 24.3 Å². The van der Waals surface area contributed by atoms with E-state index >= 15 is 0 Å². The monoisotopic (exact) mass is 262 g/mol. The Bertz CT molecular complexity index is 411. The summed E-state index contributed by atoms with van der Waals surface area (Å²) in [6, 6.07) is 9.85. The summed E-state index contributed by atoms with van der Waals surface area (Å²) >= 11 is 0. The zero-order valence-electron chi connectivity index (χ0n) is 11.9. The standard InChI is InChI=1S/C15H22N2O2/c1-4-18-13-6-8-14(9-7-13)19-11-5-10-15(2,12-16)17-3/h6-9,17H,4-5,10-11H2,1-3H3. The molecule has 0 saturated heterocycles. The van der Waals surface area contributed by atoms with Gasteiger partial charge in [0.05, 0.1) is 19.3 Å². The second kappa shape index (κ2) is 7.65. The van der Waals surface area contributed by atoms with Crippen LogP contribution in [0, 0.1) is 11.3 Å². The van der Waals surface area contributed by atoms with E-state index in [1.165, 1.54) is 0 Å². The number of nitrogens with one attached hydrogen (secondary N) is 1. The van der Waals surface area contributed by atoms with E-state index < -0.39 is 5.54 Å².